The molecule has 0 saturated heterocycles. The molecule has 1 aromatic rings. The highest BCUT2D eigenvalue weighted by atomic mass is 35.5. The van der Waals surface area contributed by atoms with Crippen LogP contribution in [0.4, 0.5) is 4.39 Å². The van der Waals surface area contributed by atoms with Gasteiger partial charge in [-0.2, -0.15) is 0 Å². The van der Waals surface area contributed by atoms with Crippen LogP contribution in [-0.2, 0) is 4.79 Å². The van der Waals surface area contributed by atoms with Crippen molar-refractivity contribution in [1.29, 1.82) is 0 Å². The molecule has 2 N–H and O–H groups in total. The second-order valence-corrected chi connectivity index (χ2v) is 5.49. The van der Waals surface area contributed by atoms with Crippen LogP contribution < -0.4 is 5.32 Å². The number of nitrogens with one attached hydrogen (secondary N) is 1. The molecule has 7 heteroatoms. The van der Waals surface area contributed by atoms with Gasteiger partial charge >= 0.3 is 0 Å². The third kappa shape index (κ3) is 5.99. The minimum Gasteiger partial charge on any atom is -0.393 e. The van der Waals surface area contributed by atoms with Crippen LogP contribution in [0.25, 0.3) is 0 Å². The van der Waals surface area contributed by atoms with Crippen LogP contribution in [0.5, 0.6) is 0 Å². The fraction of sp³-hybridized carbons (Fsp3) is 0.467. The molecule has 22 heavy (non-hydrogen) atoms. The first kappa shape index (κ1) is 18.4. The molecule has 2 amide bonds. The largest absolute Gasteiger partial charge is 0.393 e. The molecule has 1 unspecified atom stereocenters. The lowest BCUT2D eigenvalue weighted by atomic mass is 10.2. The Morgan fingerprint density at radius 3 is 2.73 bits per heavy atom. The summed E-state index contributed by atoms with van der Waals surface area (Å²) < 4.78 is 12.9. The van der Waals surface area contributed by atoms with E-state index in [1.54, 1.807) is 14.0 Å². The molecular weight excluding hydrogens is 311 g/mol. The Morgan fingerprint density at radius 1 is 1.45 bits per heavy atom. The third-order valence-corrected chi connectivity index (χ3v) is 3.42. The van der Waals surface area contributed by atoms with Crippen molar-refractivity contribution in [2.45, 2.75) is 25.9 Å². The number of carbonyl (C=O) groups excluding carboxylic acids is 2. The standard InChI is InChI=1S/C15H20ClFN2O3/c1-10(20)6-8-19(2)14(21)5-7-18-15(22)12-4-3-11(17)9-13(12)16/h3-4,9-10,20H,5-8H2,1-2H3,(H,18,22). The minimum absolute atomic E-state index is 0.0258. The molecule has 0 aliphatic heterocycles. The fourth-order valence-corrected chi connectivity index (χ4v) is 2.00. The number of carbonyl (C=O) groups is 2. The number of hydrogen-bond donors (Lipinski definition) is 2. The predicted molar refractivity (Wildman–Crippen MR) is 82.3 cm³/mol. The number of halogens is 2. The quantitative estimate of drug-likeness (QED) is 0.801. The molecule has 1 rings (SSSR count). The maximum Gasteiger partial charge on any atom is 0.252 e. The van der Waals surface area contributed by atoms with Crippen molar-refractivity contribution in [3.05, 3.63) is 34.6 Å². The Labute approximate surface area is 134 Å². The monoisotopic (exact) mass is 330 g/mol. The van der Waals surface area contributed by atoms with Crippen molar-refractivity contribution in [1.82, 2.24) is 10.2 Å². The van der Waals surface area contributed by atoms with Gasteiger partial charge in [0.1, 0.15) is 5.82 Å². The van der Waals surface area contributed by atoms with Crippen molar-refractivity contribution in [2.75, 3.05) is 20.1 Å². The van der Waals surface area contributed by atoms with E-state index in [1.165, 1.54) is 11.0 Å². The van der Waals surface area contributed by atoms with Crippen LogP contribution in [0.2, 0.25) is 5.02 Å². The number of hydrogen-bond acceptors (Lipinski definition) is 3. The topological polar surface area (TPSA) is 69.6 Å². The first-order chi connectivity index (χ1) is 10.3. The Balaban J connectivity index is 2.40. The molecule has 0 heterocycles. The predicted octanol–water partition coefficient (Wildman–Crippen LogP) is 1.83. The lowest BCUT2D eigenvalue weighted by molar-refractivity contribution is -0.129. The van der Waals surface area contributed by atoms with E-state index < -0.39 is 17.8 Å². The molecule has 1 atom stereocenters. The second-order valence-electron chi connectivity index (χ2n) is 5.08. The van der Waals surface area contributed by atoms with E-state index in [-0.39, 0.29) is 29.5 Å². The Bertz CT molecular complexity index is 538. The average molecular weight is 331 g/mol. The summed E-state index contributed by atoms with van der Waals surface area (Å²) in [5, 5.41) is 11.8. The van der Waals surface area contributed by atoms with Gasteiger partial charge in [0, 0.05) is 26.6 Å². The fourth-order valence-electron chi connectivity index (χ4n) is 1.75. The molecule has 0 spiro atoms. The van der Waals surface area contributed by atoms with Crippen molar-refractivity contribution in [3.8, 4) is 0 Å². The smallest absolute Gasteiger partial charge is 0.252 e. The highest BCUT2D eigenvalue weighted by Gasteiger charge is 2.13. The van der Waals surface area contributed by atoms with Crippen LogP contribution in [0.1, 0.15) is 30.1 Å². The summed E-state index contributed by atoms with van der Waals surface area (Å²) in [6, 6.07) is 3.50. The summed E-state index contributed by atoms with van der Waals surface area (Å²) in [4.78, 5) is 25.2. The van der Waals surface area contributed by atoms with E-state index in [0.29, 0.717) is 13.0 Å². The number of aliphatic hydroxyl groups is 1. The first-order valence-electron chi connectivity index (χ1n) is 6.96. The maximum absolute atomic E-state index is 12.9. The lowest BCUT2D eigenvalue weighted by Crippen LogP contribution is -2.33. The van der Waals surface area contributed by atoms with Crippen molar-refractivity contribution >= 4 is 23.4 Å². The second kappa shape index (κ2) is 8.70. The molecule has 0 bridgehead atoms. The van der Waals surface area contributed by atoms with E-state index in [9.17, 15) is 14.0 Å². The molecule has 1 aromatic carbocycles. The summed E-state index contributed by atoms with van der Waals surface area (Å²) in [6.45, 7) is 2.27. The van der Waals surface area contributed by atoms with Gasteiger partial charge in [-0.15, -0.1) is 0 Å². The van der Waals surface area contributed by atoms with Crippen molar-refractivity contribution in [3.63, 3.8) is 0 Å². The van der Waals surface area contributed by atoms with E-state index in [0.717, 1.165) is 12.1 Å². The lowest BCUT2D eigenvalue weighted by Gasteiger charge is -2.18. The van der Waals surface area contributed by atoms with Gasteiger partial charge in [-0.05, 0) is 31.5 Å². The Morgan fingerprint density at radius 2 is 2.14 bits per heavy atom. The molecule has 0 radical (unpaired) electrons. The van der Waals surface area contributed by atoms with Crippen molar-refractivity contribution < 1.29 is 19.1 Å². The van der Waals surface area contributed by atoms with Gasteiger partial charge < -0.3 is 15.3 Å². The summed E-state index contributed by atoms with van der Waals surface area (Å²) in [5.41, 5.74) is 0.165. The van der Waals surface area contributed by atoms with Crippen LogP contribution in [0, 0.1) is 5.82 Å². The number of nitrogens with zero attached hydrogens (tertiary/aromatic N) is 1. The van der Waals surface area contributed by atoms with E-state index >= 15 is 0 Å². The van der Waals surface area contributed by atoms with E-state index in [1.807, 2.05) is 0 Å². The summed E-state index contributed by atoms with van der Waals surface area (Å²) in [7, 11) is 1.64. The van der Waals surface area contributed by atoms with Crippen LogP contribution >= 0.6 is 11.6 Å². The Kier molecular flexibility index (Phi) is 7.27. The van der Waals surface area contributed by atoms with Gasteiger partial charge in [-0.3, -0.25) is 9.59 Å². The number of rotatable bonds is 7. The van der Waals surface area contributed by atoms with Gasteiger partial charge in [-0.1, -0.05) is 11.6 Å². The summed E-state index contributed by atoms with van der Waals surface area (Å²) in [5.74, 6) is -1.10. The summed E-state index contributed by atoms with van der Waals surface area (Å²) in [6.07, 6.45) is 0.177. The Hall–Kier alpha value is -1.66. The zero-order chi connectivity index (χ0) is 16.7. The average Bonchev–Trinajstić information content (AvgIpc) is 2.44. The maximum atomic E-state index is 12.9. The van der Waals surface area contributed by atoms with Crippen LogP contribution in [-0.4, -0.2) is 48.1 Å². The molecule has 5 nitrogen and oxygen atoms in total. The number of aliphatic hydroxyl groups excluding tert-OH is 1. The van der Waals surface area contributed by atoms with Crippen LogP contribution in [0.3, 0.4) is 0 Å². The normalized spacial score (nSPS) is 11.9. The van der Waals surface area contributed by atoms with Crippen molar-refractivity contribution in [2.24, 2.45) is 0 Å². The number of amides is 2. The molecule has 0 saturated carbocycles. The molecule has 0 fully saturated rings. The molecule has 0 aliphatic rings. The van der Waals surface area contributed by atoms with Crippen LogP contribution in [0.15, 0.2) is 18.2 Å². The SMILES string of the molecule is CC(O)CCN(C)C(=O)CCNC(=O)c1ccc(F)cc1Cl. The highest BCUT2D eigenvalue weighted by molar-refractivity contribution is 6.33. The molecular formula is C15H20ClFN2O3. The molecule has 0 aromatic heterocycles. The zero-order valence-corrected chi connectivity index (χ0v) is 13.4. The number of benzene rings is 1. The van der Waals surface area contributed by atoms with E-state index in [4.69, 9.17) is 16.7 Å². The zero-order valence-electron chi connectivity index (χ0n) is 12.6. The third-order valence-electron chi connectivity index (χ3n) is 3.11. The van der Waals surface area contributed by atoms with Gasteiger partial charge in [0.25, 0.3) is 5.91 Å². The van der Waals surface area contributed by atoms with Gasteiger partial charge in [0.05, 0.1) is 16.7 Å². The van der Waals surface area contributed by atoms with Gasteiger partial charge in [0.2, 0.25) is 5.91 Å². The first-order valence-corrected chi connectivity index (χ1v) is 7.34. The minimum atomic E-state index is -0.517. The van der Waals surface area contributed by atoms with E-state index in [2.05, 4.69) is 5.32 Å². The molecule has 0 aliphatic carbocycles. The van der Waals surface area contributed by atoms with Gasteiger partial charge in [-0.25, -0.2) is 4.39 Å². The van der Waals surface area contributed by atoms with Gasteiger partial charge in [0.15, 0.2) is 0 Å². The summed E-state index contributed by atoms with van der Waals surface area (Å²) >= 11 is 5.79. The highest BCUT2D eigenvalue weighted by Crippen LogP contribution is 2.16. The molecule has 122 valence electrons.